The van der Waals surface area contributed by atoms with Gasteiger partial charge in [0.2, 0.25) is 0 Å². The number of halogens is 2. The van der Waals surface area contributed by atoms with Crippen molar-refractivity contribution < 1.29 is 28.2 Å². The van der Waals surface area contributed by atoms with Crippen LogP contribution in [0.15, 0.2) is 85.5 Å². The van der Waals surface area contributed by atoms with Crippen LogP contribution in [0.25, 0.3) is 0 Å². The number of urea groups is 1. The lowest BCUT2D eigenvalue weighted by atomic mass is 9.88. The molecule has 14 heteroatoms. The smallest absolute Gasteiger partial charge is 0.341 e. The van der Waals surface area contributed by atoms with E-state index in [1.165, 1.54) is 24.8 Å². The van der Waals surface area contributed by atoms with Gasteiger partial charge in [-0.05, 0) is 38.1 Å². The fraction of sp³-hybridized carbons (Fsp3) is 0.417. The Labute approximate surface area is 289 Å². The van der Waals surface area contributed by atoms with Crippen LogP contribution in [0.4, 0.5) is 19.3 Å². The number of aliphatic hydroxyl groups excluding tert-OH is 1. The summed E-state index contributed by atoms with van der Waals surface area (Å²) in [4.78, 5) is 23.0. The summed E-state index contributed by atoms with van der Waals surface area (Å²) in [6, 6.07) is 19.2. The van der Waals surface area contributed by atoms with Crippen LogP contribution in [-0.4, -0.2) is 98.6 Å². The topological polar surface area (TPSA) is 111 Å². The Kier molecular flexibility index (Phi) is 9.55. The number of ether oxygens (including phenoxy) is 2. The van der Waals surface area contributed by atoms with Crippen molar-refractivity contribution in [2.45, 2.75) is 62.9 Å². The van der Waals surface area contributed by atoms with Crippen LogP contribution in [0.5, 0.6) is 5.75 Å². The lowest BCUT2D eigenvalue weighted by Crippen LogP contribution is -2.63. The van der Waals surface area contributed by atoms with Gasteiger partial charge in [-0.15, -0.1) is 0 Å². The van der Waals surface area contributed by atoms with Crippen LogP contribution in [0.3, 0.4) is 0 Å². The summed E-state index contributed by atoms with van der Waals surface area (Å²) >= 11 is 0. The monoisotopic (exact) mass is 688 g/mol. The molecule has 2 amide bonds. The molecule has 6 atom stereocenters. The third-order valence-electron chi connectivity index (χ3n) is 10.1. The maximum atomic E-state index is 15.7. The number of amides is 2. The lowest BCUT2D eigenvalue weighted by molar-refractivity contribution is -0.122. The molecule has 0 aliphatic carbocycles. The zero-order chi connectivity index (χ0) is 35.0. The molecule has 0 radical (unpaired) electrons. The van der Waals surface area contributed by atoms with Gasteiger partial charge in [-0.3, -0.25) is 9.80 Å². The first-order chi connectivity index (χ1) is 24.2. The standard InChI is InChI=1S/C36H42F2N8O4/c1-24(25(2)47)45-35(48)44(27-9-5-4-6-10-27)34(43-16-15-39-19-32(43)29-11-7-8-12-33(29)49-3)46(45)28-18-36(50-20-28,21-42-23-40-22-41-42)30-14-13-26(37)17-31(30)38/h4-14,17,22-25,28,32,34,39,47H,15-16,18-21H2,1-3H3/t24-,25-,28?,32?,34?,36?/m0/s1. The van der Waals surface area contributed by atoms with Crippen molar-refractivity contribution in [3.63, 3.8) is 0 Å². The van der Waals surface area contributed by atoms with Crippen LogP contribution in [0.1, 0.15) is 37.4 Å². The van der Waals surface area contributed by atoms with E-state index in [1.54, 1.807) is 28.6 Å². The van der Waals surface area contributed by atoms with E-state index in [4.69, 9.17) is 9.47 Å². The quantitative estimate of drug-likeness (QED) is 0.255. The first-order valence-corrected chi connectivity index (χ1v) is 16.9. The van der Waals surface area contributed by atoms with Crippen molar-refractivity contribution in [1.82, 2.24) is 35.0 Å². The number of hydrogen-bond acceptors (Lipinski definition) is 9. The number of nitrogens with one attached hydrogen (secondary N) is 1. The summed E-state index contributed by atoms with van der Waals surface area (Å²) in [6.45, 7) is 5.50. The highest BCUT2D eigenvalue weighted by Crippen LogP contribution is 2.46. The Balaban J connectivity index is 1.38. The van der Waals surface area contributed by atoms with Gasteiger partial charge in [0.05, 0.1) is 44.5 Å². The molecule has 1 aromatic heterocycles. The summed E-state index contributed by atoms with van der Waals surface area (Å²) in [7, 11) is 1.65. The molecular weight excluding hydrogens is 646 g/mol. The van der Waals surface area contributed by atoms with E-state index in [0.717, 1.165) is 17.4 Å². The maximum Gasteiger partial charge on any atom is 0.341 e. The van der Waals surface area contributed by atoms with Gasteiger partial charge in [0, 0.05) is 48.9 Å². The van der Waals surface area contributed by atoms with Gasteiger partial charge in [-0.2, -0.15) is 10.1 Å². The van der Waals surface area contributed by atoms with Gasteiger partial charge in [-0.1, -0.05) is 42.5 Å². The molecule has 3 fully saturated rings. The summed E-state index contributed by atoms with van der Waals surface area (Å²) in [5.74, 6) is -0.706. The normalized spacial score (nSPS) is 26.0. The minimum absolute atomic E-state index is 0.102. The number of carbonyl (C=O) groups excluding carboxylic acids is 1. The fourth-order valence-electron chi connectivity index (χ4n) is 7.59. The number of aliphatic hydroxyl groups is 1. The van der Waals surface area contributed by atoms with Crippen LogP contribution in [0.2, 0.25) is 0 Å². The fourth-order valence-corrected chi connectivity index (χ4v) is 7.59. The van der Waals surface area contributed by atoms with Crippen LogP contribution in [-0.2, 0) is 16.9 Å². The molecule has 12 nitrogen and oxygen atoms in total. The molecule has 4 unspecified atom stereocenters. The molecule has 3 aromatic carbocycles. The Morgan fingerprint density at radius 3 is 2.60 bits per heavy atom. The molecule has 4 aromatic rings. The van der Waals surface area contributed by atoms with E-state index in [0.29, 0.717) is 25.3 Å². The van der Waals surface area contributed by atoms with E-state index in [1.807, 2.05) is 66.5 Å². The van der Waals surface area contributed by atoms with Gasteiger partial charge in [0.15, 0.2) is 6.29 Å². The molecule has 2 N–H and O–H groups in total. The number of carbonyl (C=O) groups is 1. The minimum Gasteiger partial charge on any atom is -0.496 e. The van der Waals surface area contributed by atoms with E-state index < -0.39 is 41.7 Å². The predicted octanol–water partition coefficient (Wildman–Crippen LogP) is 4.11. The number of methoxy groups -OCH3 is 1. The lowest BCUT2D eigenvalue weighted by Gasteiger charge is -2.47. The van der Waals surface area contributed by atoms with Crippen molar-refractivity contribution >= 4 is 11.7 Å². The average Bonchev–Trinajstić information content (AvgIpc) is 3.86. The van der Waals surface area contributed by atoms with Crippen molar-refractivity contribution in [2.75, 3.05) is 38.3 Å². The number of para-hydroxylation sites is 2. The van der Waals surface area contributed by atoms with Crippen molar-refractivity contribution in [3.8, 4) is 5.75 Å². The van der Waals surface area contributed by atoms with Gasteiger partial charge in [0.25, 0.3) is 0 Å². The van der Waals surface area contributed by atoms with Crippen molar-refractivity contribution in [3.05, 3.63) is 108 Å². The second-order valence-electron chi connectivity index (χ2n) is 13.1. The number of nitrogens with zero attached hydrogens (tertiary/aromatic N) is 7. The second-order valence-corrected chi connectivity index (χ2v) is 13.1. The molecule has 0 saturated carbocycles. The molecule has 0 bridgehead atoms. The van der Waals surface area contributed by atoms with E-state index in [2.05, 4.69) is 20.3 Å². The predicted molar refractivity (Wildman–Crippen MR) is 181 cm³/mol. The molecule has 0 spiro atoms. The Bertz CT molecular complexity index is 1780. The molecule has 3 saturated heterocycles. The first-order valence-electron chi connectivity index (χ1n) is 16.9. The second kappa shape index (κ2) is 14.0. The molecular formula is C36H42F2N8O4. The molecule has 3 aliphatic rings. The van der Waals surface area contributed by atoms with Crippen LogP contribution >= 0.6 is 0 Å². The van der Waals surface area contributed by atoms with Crippen molar-refractivity contribution in [1.29, 1.82) is 0 Å². The van der Waals surface area contributed by atoms with Gasteiger partial charge in [-0.25, -0.2) is 28.3 Å². The highest BCUT2D eigenvalue weighted by molar-refractivity contribution is 5.94. The number of piperazine rings is 1. The Morgan fingerprint density at radius 1 is 1.10 bits per heavy atom. The number of hydrogen-bond donors (Lipinski definition) is 2. The minimum atomic E-state index is -1.28. The Morgan fingerprint density at radius 2 is 1.88 bits per heavy atom. The summed E-state index contributed by atoms with van der Waals surface area (Å²) in [5, 5.41) is 22.5. The summed E-state index contributed by atoms with van der Waals surface area (Å²) in [5.41, 5.74) is 0.543. The van der Waals surface area contributed by atoms with E-state index in [-0.39, 0.29) is 37.2 Å². The SMILES string of the molecule is COc1ccccc1C1CNCCN1C1N(c2ccccc2)C(=O)N([C@@H](C)[C@H](C)O)N1C1COC(Cn2cncn2)(c2ccc(F)cc2F)C1. The number of anilines is 1. The first kappa shape index (κ1) is 34.0. The summed E-state index contributed by atoms with van der Waals surface area (Å²) < 4.78 is 43.9. The van der Waals surface area contributed by atoms with Gasteiger partial charge in [0.1, 0.15) is 35.6 Å². The highest BCUT2D eigenvalue weighted by Gasteiger charge is 2.58. The van der Waals surface area contributed by atoms with Crippen LogP contribution < -0.4 is 15.0 Å². The van der Waals surface area contributed by atoms with E-state index in [9.17, 15) is 14.3 Å². The number of hydrazine groups is 1. The highest BCUT2D eigenvalue weighted by atomic mass is 19.1. The van der Waals surface area contributed by atoms with Crippen LogP contribution in [0, 0.1) is 11.6 Å². The molecule has 7 rings (SSSR count). The number of rotatable bonds is 10. The third-order valence-corrected chi connectivity index (χ3v) is 10.1. The molecule has 4 heterocycles. The van der Waals surface area contributed by atoms with Crippen molar-refractivity contribution in [2.24, 2.45) is 0 Å². The zero-order valence-corrected chi connectivity index (χ0v) is 28.3. The molecule has 50 heavy (non-hydrogen) atoms. The average molecular weight is 689 g/mol. The number of aromatic nitrogens is 3. The maximum absolute atomic E-state index is 15.7. The van der Waals surface area contributed by atoms with E-state index >= 15 is 4.39 Å². The number of benzene rings is 3. The largest absolute Gasteiger partial charge is 0.496 e. The third kappa shape index (κ3) is 6.11. The molecule has 264 valence electrons. The van der Waals surface area contributed by atoms with Gasteiger partial charge >= 0.3 is 6.03 Å². The Hall–Kier alpha value is -4.47. The van der Waals surface area contributed by atoms with Gasteiger partial charge < -0.3 is 19.9 Å². The zero-order valence-electron chi connectivity index (χ0n) is 28.3. The summed E-state index contributed by atoms with van der Waals surface area (Å²) in [6.07, 6.45) is 1.57. The molecule has 3 aliphatic heterocycles.